The maximum atomic E-state index is 10.6. The predicted molar refractivity (Wildman–Crippen MR) is 57.0 cm³/mol. The number of thioether (sulfide) groups is 1. The first-order valence-corrected chi connectivity index (χ1v) is 5.51. The summed E-state index contributed by atoms with van der Waals surface area (Å²) in [6, 6.07) is 0. The summed E-state index contributed by atoms with van der Waals surface area (Å²) in [6.45, 7) is 6.45. The molecule has 0 aromatic rings. The SMILES string of the molecule is CC(CCN)SC(C)C(C)C(=O)O. The fraction of sp³-hybridized carbons (Fsp3) is 0.889. The van der Waals surface area contributed by atoms with Gasteiger partial charge in [-0.2, -0.15) is 11.8 Å². The predicted octanol–water partition coefficient (Wildman–Crippen LogP) is 1.57. The minimum Gasteiger partial charge on any atom is -0.481 e. The van der Waals surface area contributed by atoms with Gasteiger partial charge in [-0.3, -0.25) is 4.79 Å². The molecule has 0 radical (unpaired) electrons. The first kappa shape index (κ1) is 12.8. The van der Waals surface area contributed by atoms with Gasteiger partial charge in [0.1, 0.15) is 0 Å². The van der Waals surface area contributed by atoms with Crippen LogP contribution in [-0.2, 0) is 4.79 Å². The van der Waals surface area contributed by atoms with E-state index in [0.717, 1.165) is 6.42 Å². The zero-order valence-electron chi connectivity index (χ0n) is 8.49. The summed E-state index contributed by atoms with van der Waals surface area (Å²) < 4.78 is 0. The van der Waals surface area contributed by atoms with Crippen molar-refractivity contribution in [2.75, 3.05) is 6.54 Å². The van der Waals surface area contributed by atoms with Gasteiger partial charge in [0.15, 0.2) is 0 Å². The topological polar surface area (TPSA) is 63.3 Å². The van der Waals surface area contributed by atoms with Crippen LogP contribution in [0.25, 0.3) is 0 Å². The van der Waals surface area contributed by atoms with E-state index in [9.17, 15) is 4.79 Å². The Labute approximate surface area is 84.1 Å². The van der Waals surface area contributed by atoms with E-state index in [1.165, 1.54) is 0 Å². The molecule has 0 rings (SSSR count). The van der Waals surface area contributed by atoms with Crippen LogP contribution in [0.5, 0.6) is 0 Å². The van der Waals surface area contributed by atoms with Gasteiger partial charge in [-0.05, 0) is 13.0 Å². The van der Waals surface area contributed by atoms with Crippen molar-refractivity contribution < 1.29 is 9.90 Å². The third kappa shape index (κ3) is 5.16. The summed E-state index contributed by atoms with van der Waals surface area (Å²) in [5.41, 5.74) is 5.41. The van der Waals surface area contributed by atoms with Crippen molar-refractivity contribution in [1.29, 1.82) is 0 Å². The molecule has 0 saturated heterocycles. The highest BCUT2D eigenvalue weighted by Gasteiger charge is 2.21. The molecule has 0 heterocycles. The van der Waals surface area contributed by atoms with Crippen LogP contribution >= 0.6 is 11.8 Å². The third-order valence-corrected chi connectivity index (χ3v) is 3.65. The van der Waals surface area contributed by atoms with Crippen LogP contribution in [0.15, 0.2) is 0 Å². The standard InChI is InChI=1S/C9H19NO2S/c1-6(4-5-10)13-8(3)7(2)9(11)12/h6-8H,4-5,10H2,1-3H3,(H,11,12). The van der Waals surface area contributed by atoms with Gasteiger partial charge in [0.05, 0.1) is 5.92 Å². The van der Waals surface area contributed by atoms with E-state index in [0.29, 0.717) is 11.8 Å². The van der Waals surface area contributed by atoms with Crippen molar-refractivity contribution in [1.82, 2.24) is 0 Å². The van der Waals surface area contributed by atoms with Gasteiger partial charge in [0.2, 0.25) is 0 Å². The highest BCUT2D eigenvalue weighted by atomic mass is 32.2. The molecular formula is C9H19NO2S. The zero-order chi connectivity index (χ0) is 10.4. The summed E-state index contributed by atoms with van der Waals surface area (Å²) in [6.07, 6.45) is 0.946. The van der Waals surface area contributed by atoms with E-state index < -0.39 is 5.97 Å². The van der Waals surface area contributed by atoms with Gasteiger partial charge in [-0.1, -0.05) is 20.8 Å². The summed E-state index contributed by atoms with van der Waals surface area (Å²) in [5.74, 6) is -1.01. The quantitative estimate of drug-likeness (QED) is 0.691. The third-order valence-electron chi connectivity index (χ3n) is 2.11. The van der Waals surface area contributed by atoms with E-state index in [-0.39, 0.29) is 11.2 Å². The molecule has 0 aromatic carbocycles. The molecule has 3 N–H and O–H groups in total. The van der Waals surface area contributed by atoms with Crippen LogP contribution in [0.3, 0.4) is 0 Å². The van der Waals surface area contributed by atoms with Gasteiger partial charge >= 0.3 is 5.97 Å². The molecule has 0 aromatic heterocycles. The first-order chi connectivity index (χ1) is 5.99. The molecule has 0 aliphatic rings. The molecule has 3 nitrogen and oxygen atoms in total. The Balaban J connectivity index is 3.84. The molecule has 13 heavy (non-hydrogen) atoms. The molecule has 0 amide bonds. The Bertz CT molecular complexity index is 164. The molecule has 0 aliphatic carbocycles. The lowest BCUT2D eigenvalue weighted by molar-refractivity contribution is -0.140. The van der Waals surface area contributed by atoms with E-state index in [4.69, 9.17) is 10.8 Å². The Morgan fingerprint density at radius 3 is 2.38 bits per heavy atom. The van der Waals surface area contributed by atoms with Gasteiger partial charge in [0, 0.05) is 10.5 Å². The maximum absolute atomic E-state index is 10.6. The zero-order valence-corrected chi connectivity index (χ0v) is 9.30. The molecule has 0 bridgehead atoms. The molecule has 0 saturated carbocycles. The molecule has 3 atom stereocenters. The van der Waals surface area contributed by atoms with E-state index in [1.54, 1.807) is 18.7 Å². The minimum atomic E-state index is -0.722. The maximum Gasteiger partial charge on any atom is 0.307 e. The van der Waals surface area contributed by atoms with E-state index >= 15 is 0 Å². The van der Waals surface area contributed by atoms with Crippen molar-refractivity contribution in [2.24, 2.45) is 11.7 Å². The van der Waals surface area contributed by atoms with Crippen LogP contribution in [-0.4, -0.2) is 28.1 Å². The average molecular weight is 205 g/mol. The second-order valence-electron chi connectivity index (χ2n) is 3.36. The van der Waals surface area contributed by atoms with Crippen LogP contribution in [0.1, 0.15) is 27.2 Å². The summed E-state index contributed by atoms with van der Waals surface area (Å²) in [7, 11) is 0. The summed E-state index contributed by atoms with van der Waals surface area (Å²) in [5, 5.41) is 9.36. The van der Waals surface area contributed by atoms with E-state index in [2.05, 4.69) is 6.92 Å². The lowest BCUT2D eigenvalue weighted by Crippen LogP contribution is -2.22. The molecule has 3 unspecified atom stereocenters. The Kier molecular flexibility index (Phi) is 6.16. The van der Waals surface area contributed by atoms with E-state index in [1.807, 2.05) is 6.92 Å². The fourth-order valence-electron chi connectivity index (χ4n) is 0.988. The lowest BCUT2D eigenvalue weighted by Gasteiger charge is -2.19. The van der Waals surface area contributed by atoms with Gasteiger partial charge in [-0.25, -0.2) is 0 Å². The normalized spacial score (nSPS) is 17.8. The van der Waals surface area contributed by atoms with Crippen molar-refractivity contribution in [3.8, 4) is 0 Å². The van der Waals surface area contributed by atoms with Crippen LogP contribution < -0.4 is 5.73 Å². The molecule has 0 spiro atoms. The highest BCUT2D eigenvalue weighted by Crippen LogP contribution is 2.25. The number of nitrogens with two attached hydrogens (primary N) is 1. The highest BCUT2D eigenvalue weighted by molar-refractivity contribution is 8.00. The number of aliphatic carboxylic acids is 1. The minimum absolute atomic E-state index is 0.152. The number of carboxylic acid groups (broad SMARTS) is 1. The second-order valence-corrected chi connectivity index (χ2v) is 5.18. The fourth-order valence-corrected chi connectivity index (χ4v) is 2.34. The average Bonchev–Trinajstić information content (AvgIpc) is 2.03. The van der Waals surface area contributed by atoms with Crippen LogP contribution in [0.2, 0.25) is 0 Å². The Hall–Kier alpha value is -0.220. The van der Waals surface area contributed by atoms with Crippen molar-refractivity contribution >= 4 is 17.7 Å². The molecule has 0 fully saturated rings. The summed E-state index contributed by atoms with van der Waals surface area (Å²) >= 11 is 1.70. The number of carboxylic acids is 1. The van der Waals surface area contributed by atoms with Crippen molar-refractivity contribution in [3.63, 3.8) is 0 Å². The first-order valence-electron chi connectivity index (χ1n) is 4.57. The number of hydrogen-bond acceptors (Lipinski definition) is 3. The van der Waals surface area contributed by atoms with Crippen molar-refractivity contribution in [3.05, 3.63) is 0 Å². The summed E-state index contributed by atoms with van der Waals surface area (Å²) in [4.78, 5) is 10.6. The molecule has 4 heteroatoms. The van der Waals surface area contributed by atoms with Crippen LogP contribution in [0, 0.1) is 5.92 Å². The number of rotatable bonds is 6. The Morgan fingerprint density at radius 1 is 1.46 bits per heavy atom. The molecular weight excluding hydrogens is 186 g/mol. The Morgan fingerprint density at radius 2 is 2.00 bits per heavy atom. The lowest BCUT2D eigenvalue weighted by atomic mass is 10.1. The second kappa shape index (κ2) is 6.27. The van der Waals surface area contributed by atoms with Gasteiger partial charge in [-0.15, -0.1) is 0 Å². The van der Waals surface area contributed by atoms with Crippen LogP contribution in [0.4, 0.5) is 0 Å². The molecule has 0 aliphatic heterocycles. The monoisotopic (exact) mass is 205 g/mol. The van der Waals surface area contributed by atoms with Crippen molar-refractivity contribution in [2.45, 2.75) is 37.7 Å². The number of hydrogen-bond donors (Lipinski definition) is 2. The smallest absolute Gasteiger partial charge is 0.307 e. The largest absolute Gasteiger partial charge is 0.481 e. The number of carbonyl (C=O) groups is 1. The molecule has 78 valence electrons. The van der Waals surface area contributed by atoms with Gasteiger partial charge in [0.25, 0.3) is 0 Å². The van der Waals surface area contributed by atoms with Gasteiger partial charge < -0.3 is 10.8 Å².